The van der Waals surface area contributed by atoms with Crippen LogP contribution in [0, 0.1) is 0 Å². The van der Waals surface area contributed by atoms with Crippen molar-refractivity contribution in [3.63, 3.8) is 0 Å². The van der Waals surface area contributed by atoms with E-state index in [1.165, 1.54) is 0 Å². The van der Waals surface area contributed by atoms with Crippen LogP contribution < -0.4 is 0 Å². The highest BCUT2D eigenvalue weighted by atomic mass is 19.1. The first-order chi connectivity index (χ1) is 3.68. The van der Waals surface area contributed by atoms with Crippen molar-refractivity contribution in [2.24, 2.45) is 0 Å². The molecule has 0 aromatic heterocycles. The Kier molecular flexibility index (Phi) is 11.6. The average molecular weight is 124 g/mol. The summed E-state index contributed by atoms with van der Waals surface area (Å²) in [7, 11) is 0. The maximum absolute atomic E-state index is 10.5. The summed E-state index contributed by atoms with van der Waals surface area (Å²) >= 11 is 0. The molecule has 4 nitrogen and oxygen atoms in total. The van der Waals surface area contributed by atoms with Crippen LogP contribution in [0.3, 0.4) is 0 Å². The molecule has 0 radical (unpaired) electrons. The van der Waals surface area contributed by atoms with E-state index in [1.54, 1.807) is 0 Å². The van der Waals surface area contributed by atoms with Gasteiger partial charge in [0.25, 0.3) is 6.47 Å². The fourth-order valence-corrected chi connectivity index (χ4v) is 0. The zero-order valence-corrected chi connectivity index (χ0v) is 3.87. The van der Waals surface area contributed by atoms with Gasteiger partial charge in [0.05, 0.1) is 0 Å². The summed E-state index contributed by atoms with van der Waals surface area (Å²) in [6.07, 6.45) is 0. The van der Waals surface area contributed by atoms with Gasteiger partial charge in [0.15, 0.2) is 6.67 Å². The minimum atomic E-state index is -1.41. The summed E-state index contributed by atoms with van der Waals surface area (Å²) in [4.78, 5) is 17.4. The first-order valence-corrected chi connectivity index (χ1v) is 1.54. The topological polar surface area (TPSA) is 74.6 Å². The molecule has 0 aromatic carbocycles. The Morgan fingerprint density at radius 3 is 1.88 bits per heavy atom. The first-order valence-electron chi connectivity index (χ1n) is 1.54. The molecule has 2 N–H and O–H groups in total. The molecule has 8 heavy (non-hydrogen) atoms. The minimum Gasteiger partial charge on any atom is -0.483 e. The van der Waals surface area contributed by atoms with Gasteiger partial charge in [0, 0.05) is 0 Å². The van der Waals surface area contributed by atoms with Crippen molar-refractivity contribution in [1.29, 1.82) is 0 Å². The van der Waals surface area contributed by atoms with Crippen molar-refractivity contribution in [3.8, 4) is 0 Å². The number of hydrogen-bond donors (Lipinski definition) is 2. The molecular formula is C3H5FO4. The maximum atomic E-state index is 10.5. The molecule has 5 heteroatoms. The Morgan fingerprint density at radius 1 is 1.75 bits per heavy atom. The largest absolute Gasteiger partial charge is 0.483 e. The molecule has 0 aromatic rings. The fraction of sp³-hybridized carbons (Fsp3) is 0.333. The molecule has 48 valence electrons. The number of carbonyl (C=O) groups is 2. The van der Waals surface area contributed by atoms with E-state index in [-0.39, 0.29) is 6.47 Å². The van der Waals surface area contributed by atoms with E-state index < -0.39 is 12.6 Å². The first kappa shape index (κ1) is 9.98. The van der Waals surface area contributed by atoms with E-state index in [1.807, 2.05) is 0 Å². The molecule has 0 aliphatic carbocycles. The fourth-order valence-electron chi connectivity index (χ4n) is 0. The predicted molar refractivity (Wildman–Crippen MR) is 22.3 cm³/mol. The smallest absolute Gasteiger partial charge is 0.335 e. The molecule has 0 aliphatic heterocycles. The number of halogens is 1. The Balaban J connectivity index is 0. The Hall–Kier alpha value is -1.13. The van der Waals surface area contributed by atoms with E-state index in [9.17, 15) is 4.39 Å². The molecule has 0 heterocycles. The van der Waals surface area contributed by atoms with E-state index in [0.29, 0.717) is 0 Å². The lowest BCUT2D eigenvalue weighted by molar-refractivity contribution is -0.138. The number of alkyl halides is 1. The predicted octanol–water partition coefficient (Wildman–Crippen LogP) is -0.259. The van der Waals surface area contributed by atoms with Crippen molar-refractivity contribution in [2.45, 2.75) is 0 Å². The normalized spacial score (nSPS) is 6.12. The highest BCUT2D eigenvalue weighted by molar-refractivity contribution is 5.67. The van der Waals surface area contributed by atoms with Gasteiger partial charge >= 0.3 is 5.97 Å². The zero-order chi connectivity index (χ0) is 6.99. The van der Waals surface area contributed by atoms with Crippen LogP contribution in [0.4, 0.5) is 4.39 Å². The molecule has 0 bridgehead atoms. The highest BCUT2D eigenvalue weighted by Crippen LogP contribution is 1.60. The second-order valence-electron chi connectivity index (χ2n) is 0.633. The summed E-state index contributed by atoms with van der Waals surface area (Å²) in [5, 5.41) is 14.2. The van der Waals surface area contributed by atoms with Crippen molar-refractivity contribution in [1.82, 2.24) is 0 Å². The molecule has 0 aliphatic rings. The van der Waals surface area contributed by atoms with Gasteiger partial charge < -0.3 is 10.2 Å². The van der Waals surface area contributed by atoms with Gasteiger partial charge in [-0.05, 0) is 0 Å². The van der Waals surface area contributed by atoms with Crippen LogP contribution in [0.5, 0.6) is 0 Å². The molecule has 0 unspecified atom stereocenters. The van der Waals surface area contributed by atoms with E-state index >= 15 is 0 Å². The van der Waals surface area contributed by atoms with Gasteiger partial charge in [-0.25, -0.2) is 9.18 Å². The Bertz CT molecular complexity index is 71.7. The lowest BCUT2D eigenvalue weighted by Gasteiger charge is -1.69. The lowest BCUT2D eigenvalue weighted by Crippen LogP contribution is -1.93. The third-order valence-electron chi connectivity index (χ3n) is 0.114. The Labute approximate surface area is 44.6 Å². The van der Waals surface area contributed by atoms with Gasteiger partial charge in [0.1, 0.15) is 0 Å². The van der Waals surface area contributed by atoms with Crippen LogP contribution in [0.15, 0.2) is 0 Å². The quantitative estimate of drug-likeness (QED) is 0.472. The molecule has 0 rings (SSSR count). The van der Waals surface area contributed by atoms with Gasteiger partial charge in [-0.15, -0.1) is 0 Å². The van der Waals surface area contributed by atoms with Crippen LogP contribution in [0.1, 0.15) is 0 Å². The number of aliphatic carboxylic acids is 1. The highest BCUT2D eigenvalue weighted by Gasteiger charge is 1.85. The third-order valence-corrected chi connectivity index (χ3v) is 0.114. The van der Waals surface area contributed by atoms with Gasteiger partial charge in [-0.3, -0.25) is 4.79 Å². The van der Waals surface area contributed by atoms with Crippen LogP contribution >= 0.6 is 0 Å². The molecular weight excluding hydrogens is 119 g/mol. The molecule has 0 fully saturated rings. The third kappa shape index (κ3) is 96.4. The summed E-state index contributed by atoms with van der Waals surface area (Å²) in [6, 6.07) is 0. The van der Waals surface area contributed by atoms with Crippen molar-refractivity contribution >= 4 is 12.4 Å². The summed E-state index contributed by atoms with van der Waals surface area (Å²) < 4.78 is 10.5. The summed E-state index contributed by atoms with van der Waals surface area (Å²) in [5.74, 6) is -1.41. The van der Waals surface area contributed by atoms with Crippen molar-refractivity contribution < 1.29 is 24.2 Å². The van der Waals surface area contributed by atoms with Crippen LogP contribution in [0.25, 0.3) is 0 Å². The maximum Gasteiger partial charge on any atom is 0.335 e. The molecule has 0 atom stereocenters. The Morgan fingerprint density at radius 2 is 1.88 bits per heavy atom. The minimum absolute atomic E-state index is 0.250. The van der Waals surface area contributed by atoms with Crippen LogP contribution in [-0.4, -0.2) is 29.3 Å². The molecule has 0 spiro atoms. The number of rotatable bonds is 1. The van der Waals surface area contributed by atoms with E-state index in [2.05, 4.69) is 0 Å². The number of hydrogen-bond acceptors (Lipinski definition) is 2. The second-order valence-corrected chi connectivity index (χ2v) is 0.633. The zero-order valence-electron chi connectivity index (χ0n) is 3.87. The van der Waals surface area contributed by atoms with Gasteiger partial charge in [0.2, 0.25) is 0 Å². The van der Waals surface area contributed by atoms with E-state index in [4.69, 9.17) is 19.8 Å². The van der Waals surface area contributed by atoms with E-state index in [0.717, 1.165) is 0 Å². The standard InChI is InChI=1S/C2H3FO2.CH2O2/c3-1-2(4)5;2-1-3/h1H2,(H,4,5);1H,(H,2,3). The average Bonchev–Trinajstić information content (AvgIpc) is 1.69. The van der Waals surface area contributed by atoms with Crippen molar-refractivity contribution in [3.05, 3.63) is 0 Å². The van der Waals surface area contributed by atoms with Gasteiger partial charge in [-0.2, -0.15) is 0 Å². The monoisotopic (exact) mass is 124 g/mol. The van der Waals surface area contributed by atoms with Crippen molar-refractivity contribution in [2.75, 3.05) is 6.67 Å². The van der Waals surface area contributed by atoms with Crippen LogP contribution in [0.2, 0.25) is 0 Å². The molecule has 0 saturated carbocycles. The molecule has 0 saturated heterocycles. The summed E-state index contributed by atoms with van der Waals surface area (Å²) in [5.41, 5.74) is 0. The van der Waals surface area contributed by atoms with Gasteiger partial charge in [-0.1, -0.05) is 0 Å². The summed E-state index contributed by atoms with van der Waals surface area (Å²) in [6.45, 7) is -1.53. The number of carboxylic acids is 1. The lowest BCUT2D eigenvalue weighted by atomic mass is 10.8. The SMILES string of the molecule is O=C(O)CF.O=CO. The number of carboxylic acid groups (broad SMARTS) is 2. The van der Waals surface area contributed by atoms with Crippen LogP contribution in [-0.2, 0) is 9.59 Å². The molecule has 0 amide bonds. The second kappa shape index (κ2) is 9.30.